The highest BCUT2D eigenvalue weighted by atomic mass is 16.3. The fraction of sp³-hybridized carbons (Fsp3) is 0.278. The Labute approximate surface area is 119 Å². The van der Waals surface area contributed by atoms with Gasteiger partial charge < -0.3 is 5.11 Å². The number of fused-ring (bicyclic) bond motifs is 1. The number of aromatic hydroxyl groups is 1. The minimum atomic E-state index is 0.148. The minimum absolute atomic E-state index is 0.148. The van der Waals surface area contributed by atoms with Crippen LogP contribution in [0.4, 0.5) is 0 Å². The Hall–Kier alpha value is -2.09. The first kappa shape index (κ1) is 12.9. The third-order valence-corrected chi connectivity index (χ3v) is 4.02. The SMILES string of the molecule is O=C(Cc1ccccc1)c1ccc(O)c2c1CCCC2. The first-order valence-corrected chi connectivity index (χ1v) is 7.16. The van der Waals surface area contributed by atoms with Crippen molar-refractivity contribution in [2.45, 2.75) is 32.1 Å². The number of hydrogen-bond donors (Lipinski definition) is 1. The summed E-state index contributed by atoms with van der Waals surface area (Å²) in [6, 6.07) is 13.3. The lowest BCUT2D eigenvalue weighted by Gasteiger charge is -2.20. The molecule has 0 atom stereocenters. The molecule has 0 radical (unpaired) electrons. The highest BCUT2D eigenvalue weighted by molar-refractivity contribution is 5.99. The summed E-state index contributed by atoms with van der Waals surface area (Å²) in [5.41, 5.74) is 3.88. The van der Waals surface area contributed by atoms with Crippen molar-refractivity contribution in [3.8, 4) is 5.75 Å². The van der Waals surface area contributed by atoms with Gasteiger partial charge in [-0.2, -0.15) is 0 Å². The maximum atomic E-state index is 12.5. The van der Waals surface area contributed by atoms with Gasteiger partial charge in [-0.3, -0.25) is 4.79 Å². The van der Waals surface area contributed by atoms with Crippen LogP contribution in [-0.2, 0) is 19.3 Å². The molecule has 0 aliphatic heterocycles. The van der Waals surface area contributed by atoms with Crippen LogP contribution in [0.3, 0.4) is 0 Å². The molecule has 2 aromatic carbocycles. The van der Waals surface area contributed by atoms with Crippen molar-refractivity contribution in [1.29, 1.82) is 0 Å². The maximum Gasteiger partial charge on any atom is 0.167 e. The van der Waals surface area contributed by atoms with Gasteiger partial charge in [-0.25, -0.2) is 0 Å². The molecule has 1 aliphatic carbocycles. The summed E-state index contributed by atoms with van der Waals surface area (Å²) >= 11 is 0. The molecule has 1 aliphatic rings. The summed E-state index contributed by atoms with van der Waals surface area (Å²) in [6.07, 6.45) is 4.41. The van der Waals surface area contributed by atoms with E-state index >= 15 is 0 Å². The lowest BCUT2D eigenvalue weighted by molar-refractivity contribution is 0.0991. The van der Waals surface area contributed by atoms with Gasteiger partial charge in [0.15, 0.2) is 5.78 Å². The summed E-state index contributed by atoms with van der Waals surface area (Å²) < 4.78 is 0. The van der Waals surface area contributed by atoms with Crippen molar-refractivity contribution in [3.05, 3.63) is 64.7 Å². The third kappa shape index (κ3) is 2.46. The smallest absolute Gasteiger partial charge is 0.167 e. The molecule has 0 saturated heterocycles. The van der Waals surface area contributed by atoms with Gasteiger partial charge in [-0.1, -0.05) is 30.3 Å². The molecule has 2 nitrogen and oxygen atoms in total. The predicted molar refractivity (Wildman–Crippen MR) is 79.2 cm³/mol. The molecule has 0 saturated carbocycles. The van der Waals surface area contributed by atoms with Gasteiger partial charge in [-0.15, -0.1) is 0 Å². The fourth-order valence-electron chi connectivity index (χ4n) is 2.99. The zero-order chi connectivity index (χ0) is 13.9. The second kappa shape index (κ2) is 5.49. The number of Topliss-reactive ketones (excluding diaryl/α,β-unsaturated/α-hetero) is 1. The van der Waals surface area contributed by atoms with Gasteiger partial charge in [0.05, 0.1) is 0 Å². The molecule has 102 valence electrons. The van der Waals surface area contributed by atoms with E-state index in [2.05, 4.69) is 0 Å². The van der Waals surface area contributed by atoms with Crippen molar-refractivity contribution in [3.63, 3.8) is 0 Å². The monoisotopic (exact) mass is 266 g/mol. The second-order valence-electron chi connectivity index (χ2n) is 5.38. The topological polar surface area (TPSA) is 37.3 Å². The number of carbonyl (C=O) groups excluding carboxylic acids is 1. The number of ketones is 1. The average Bonchev–Trinajstić information content (AvgIpc) is 2.49. The summed E-state index contributed by atoms with van der Waals surface area (Å²) in [6.45, 7) is 0. The quantitative estimate of drug-likeness (QED) is 0.860. The molecule has 0 fully saturated rings. The van der Waals surface area contributed by atoms with Crippen LogP contribution in [0.5, 0.6) is 5.75 Å². The molecule has 3 rings (SSSR count). The molecule has 0 unspecified atom stereocenters. The van der Waals surface area contributed by atoms with Crippen LogP contribution >= 0.6 is 0 Å². The van der Waals surface area contributed by atoms with E-state index in [-0.39, 0.29) is 5.78 Å². The number of carbonyl (C=O) groups is 1. The molecule has 0 heterocycles. The summed E-state index contributed by atoms with van der Waals surface area (Å²) in [4.78, 5) is 12.5. The first-order valence-electron chi connectivity index (χ1n) is 7.16. The van der Waals surface area contributed by atoms with Gasteiger partial charge in [0.2, 0.25) is 0 Å². The van der Waals surface area contributed by atoms with Gasteiger partial charge >= 0.3 is 0 Å². The molecule has 20 heavy (non-hydrogen) atoms. The normalized spacial score (nSPS) is 13.8. The highest BCUT2D eigenvalue weighted by Crippen LogP contribution is 2.32. The highest BCUT2D eigenvalue weighted by Gasteiger charge is 2.20. The Morgan fingerprint density at radius 3 is 2.40 bits per heavy atom. The van der Waals surface area contributed by atoms with Crippen LogP contribution < -0.4 is 0 Å². The zero-order valence-electron chi connectivity index (χ0n) is 11.4. The van der Waals surface area contributed by atoms with Crippen LogP contribution in [-0.4, -0.2) is 10.9 Å². The van der Waals surface area contributed by atoms with Crippen LogP contribution in [0.1, 0.15) is 39.9 Å². The average molecular weight is 266 g/mol. The van der Waals surface area contributed by atoms with Gasteiger partial charge in [0.1, 0.15) is 5.75 Å². The second-order valence-corrected chi connectivity index (χ2v) is 5.38. The van der Waals surface area contributed by atoms with E-state index < -0.39 is 0 Å². The maximum absolute atomic E-state index is 12.5. The molecule has 0 aromatic heterocycles. The Morgan fingerprint density at radius 1 is 0.950 bits per heavy atom. The number of phenols is 1. The summed E-state index contributed by atoms with van der Waals surface area (Å²) in [5.74, 6) is 0.491. The van der Waals surface area contributed by atoms with E-state index in [1.807, 2.05) is 30.3 Å². The Balaban J connectivity index is 1.92. The van der Waals surface area contributed by atoms with Crippen LogP contribution in [0, 0.1) is 0 Å². The number of hydrogen-bond acceptors (Lipinski definition) is 2. The molecule has 2 aromatic rings. The lowest BCUT2D eigenvalue weighted by atomic mass is 9.85. The number of phenolic OH excluding ortho intramolecular Hbond substituents is 1. The predicted octanol–water partition coefficient (Wildman–Crippen LogP) is 3.70. The van der Waals surface area contributed by atoms with E-state index in [1.54, 1.807) is 12.1 Å². The number of benzene rings is 2. The van der Waals surface area contributed by atoms with Crippen molar-refractivity contribution < 1.29 is 9.90 Å². The minimum Gasteiger partial charge on any atom is -0.508 e. The molecular weight excluding hydrogens is 248 g/mol. The van der Waals surface area contributed by atoms with Crippen molar-refractivity contribution >= 4 is 5.78 Å². The zero-order valence-corrected chi connectivity index (χ0v) is 11.4. The largest absolute Gasteiger partial charge is 0.508 e. The molecular formula is C18H18O2. The van der Waals surface area contributed by atoms with E-state index in [0.717, 1.165) is 47.9 Å². The van der Waals surface area contributed by atoms with Crippen LogP contribution in [0.2, 0.25) is 0 Å². The summed E-state index contributed by atoms with van der Waals surface area (Å²) in [5, 5.41) is 9.94. The van der Waals surface area contributed by atoms with E-state index in [1.165, 1.54) is 0 Å². The first-order chi connectivity index (χ1) is 9.75. The molecule has 0 amide bonds. The summed E-state index contributed by atoms with van der Waals surface area (Å²) in [7, 11) is 0. The van der Waals surface area contributed by atoms with E-state index in [0.29, 0.717) is 12.2 Å². The Kier molecular flexibility index (Phi) is 3.55. The molecule has 0 spiro atoms. The van der Waals surface area contributed by atoms with Gasteiger partial charge in [-0.05, 0) is 54.5 Å². The van der Waals surface area contributed by atoms with Crippen LogP contribution in [0.15, 0.2) is 42.5 Å². The molecule has 1 N–H and O–H groups in total. The lowest BCUT2D eigenvalue weighted by Crippen LogP contribution is -2.12. The van der Waals surface area contributed by atoms with Crippen molar-refractivity contribution in [2.75, 3.05) is 0 Å². The molecule has 0 bridgehead atoms. The van der Waals surface area contributed by atoms with Crippen molar-refractivity contribution in [1.82, 2.24) is 0 Å². The Morgan fingerprint density at radius 2 is 1.65 bits per heavy atom. The number of rotatable bonds is 3. The third-order valence-electron chi connectivity index (χ3n) is 4.02. The van der Waals surface area contributed by atoms with Gasteiger partial charge in [0, 0.05) is 12.0 Å². The molecule has 2 heteroatoms. The van der Waals surface area contributed by atoms with Crippen molar-refractivity contribution in [2.24, 2.45) is 0 Å². The van der Waals surface area contributed by atoms with E-state index in [9.17, 15) is 9.90 Å². The Bertz CT molecular complexity index is 629. The van der Waals surface area contributed by atoms with Gasteiger partial charge in [0.25, 0.3) is 0 Å². The van der Waals surface area contributed by atoms with E-state index in [4.69, 9.17) is 0 Å². The standard InChI is InChI=1S/C18H18O2/c19-17-11-10-16(14-8-4-5-9-15(14)17)18(20)12-13-6-2-1-3-7-13/h1-3,6-7,10-11,19H,4-5,8-9,12H2. The van der Waals surface area contributed by atoms with Crippen LogP contribution in [0.25, 0.3) is 0 Å². The fourth-order valence-corrected chi connectivity index (χ4v) is 2.99.